The van der Waals surface area contributed by atoms with E-state index in [1.807, 2.05) is 24.1 Å². The van der Waals surface area contributed by atoms with Gasteiger partial charge in [0.05, 0.1) is 16.3 Å². The Balaban J connectivity index is 1.97. The molecule has 0 aromatic carbocycles. The first-order chi connectivity index (χ1) is 10.6. The number of nitrogen functional groups attached to an aromatic ring is 1. The van der Waals surface area contributed by atoms with Gasteiger partial charge in [0.2, 0.25) is 0 Å². The summed E-state index contributed by atoms with van der Waals surface area (Å²) in [5, 5.41) is 24.8. The molecule has 0 aliphatic heterocycles. The molecular formula is C14H14ClN7. The molecule has 0 fully saturated rings. The number of hydrogen-bond donors (Lipinski definition) is 2. The number of nitrogens with zero attached hydrogens (tertiary/aromatic N) is 5. The SMILES string of the molecule is CN(CCCc1[nH]nc(N)c1C#N)c1ncc(C#N)cc1Cl. The fourth-order valence-corrected chi connectivity index (χ4v) is 2.38. The summed E-state index contributed by atoms with van der Waals surface area (Å²) in [6, 6.07) is 5.62. The number of halogens is 1. The minimum Gasteiger partial charge on any atom is -0.381 e. The Morgan fingerprint density at radius 1 is 1.41 bits per heavy atom. The van der Waals surface area contributed by atoms with Crippen LogP contribution < -0.4 is 10.6 Å². The van der Waals surface area contributed by atoms with E-state index in [9.17, 15) is 0 Å². The minimum absolute atomic E-state index is 0.225. The van der Waals surface area contributed by atoms with Gasteiger partial charge in [-0.25, -0.2) is 4.98 Å². The number of nitriles is 2. The number of aromatic amines is 1. The second-order valence-electron chi connectivity index (χ2n) is 4.74. The largest absolute Gasteiger partial charge is 0.381 e. The molecule has 2 rings (SSSR count). The Bertz CT molecular complexity index is 754. The minimum atomic E-state index is 0.225. The first kappa shape index (κ1) is 15.6. The standard InChI is InChI=1S/C14H14ClN7/c1-22(14-11(15)5-9(6-16)8-19-14)4-2-3-12-10(7-17)13(18)21-20-12/h5,8H,2-4H2,1H3,(H3,18,20,21). The topological polar surface area (TPSA) is 118 Å². The summed E-state index contributed by atoms with van der Waals surface area (Å²) < 4.78 is 0. The maximum atomic E-state index is 9.01. The van der Waals surface area contributed by atoms with E-state index in [4.69, 9.17) is 27.9 Å². The predicted octanol–water partition coefficient (Wildman–Crippen LogP) is 1.85. The smallest absolute Gasteiger partial charge is 0.163 e. The van der Waals surface area contributed by atoms with E-state index in [2.05, 4.69) is 15.2 Å². The van der Waals surface area contributed by atoms with E-state index >= 15 is 0 Å². The molecule has 2 aromatic rings. The van der Waals surface area contributed by atoms with Gasteiger partial charge in [-0.15, -0.1) is 0 Å². The van der Waals surface area contributed by atoms with Crippen LogP contribution in [0.5, 0.6) is 0 Å². The lowest BCUT2D eigenvalue weighted by Crippen LogP contribution is -2.20. The molecule has 2 heterocycles. The molecule has 0 unspecified atom stereocenters. The van der Waals surface area contributed by atoms with E-state index in [0.29, 0.717) is 34.9 Å². The monoisotopic (exact) mass is 315 g/mol. The number of aryl methyl sites for hydroxylation is 1. The molecule has 22 heavy (non-hydrogen) atoms. The normalized spacial score (nSPS) is 10.0. The van der Waals surface area contributed by atoms with Gasteiger partial charge in [-0.2, -0.15) is 15.6 Å². The third kappa shape index (κ3) is 3.27. The summed E-state index contributed by atoms with van der Waals surface area (Å²) in [6.45, 7) is 0.683. The summed E-state index contributed by atoms with van der Waals surface area (Å²) in [5.74, 6) is 0.841. The molecule has 0 radical (unpaired) electrons. The van der Waals surface area contributed by atoms with Crippen LogP contribution in [0.15, 0.2) is 12.3 Å². The highest BCUT2D eigenvalue weighted by Gasteiger charge is 2.12. The average Bonchev–Trinajstić information content (AvgIpc) is 2.87. The Hall–Kier alpha value is -2.77. The van der Waals surface area contributed by atoms with Crippen LogP contribution in [-0.2, 0) is 6.42 Å². The second kappa shape index (κ2) is 6.79. The van der Waals surface area contributed by atoms with Crippen molar-refractivity contribution in [1.29, 1.82) is 10.5 Å². The van der Waals surface area contributed by atoms with Gasteiger partial charge in [-0.1, -0.05) is 11.6 Å². The third-order valence-electron chi connectivity index (χ3n) is 3.21. The van der Waals surface area contributed by atoms with Crippen molar-refractivity contribution < 1.29 is 0 Å². The van der Waals surface area contributed by atoms with E-state index in [0.717, 1.165) is 12.1 Å². The molecule has 2 aromatic heterocycles. The molecule has 0 spiro atoms. The van der Waals surface area contributed by atoms with Crippen molar-refractivity contribution in [3.05, 3.63) is 34.1 Å². The van der Waals surface area contributed by atoms with Gasteiger partial charge in [0, 0.05) is 19.8 Å². The van der Waals surface area contributed by atoms with E-state index in [1.54, 1.807) is 6.07 Å². The third-order valence-corrected chi connectivity index (χ3v) is 3.49. The fourth-order valence-electron chi connectivity index (χ4n) is 2.07. The van der Waals surface area contributed by atoms with Crippen molar-refractivity contribution in [3.8, 4) is 12.1 Å². The van der Waals surface area contributed by atoms with Crippen LogP contribution in [0.3, 0.4) is 0 Å². The zero-order valence-electron chi connectivity index (χ0n) is 12.0. The molecule has 7 nitrogen and oxygen atoms in total. The number of aromatic nitrogens is 3. The first-order valence-corrected chi connectivity index (χ1v) is 6.94. The first-order valence-electron chi connectivity index (χ1n) is 6.56. The molecule has 112 valence electrons. The van der Waals surface area contributed by atoms with E-state index < -0.39 is 0 Å². The summed E-state index contributed by atoms with van der Waals surface area (Å²) in [5.41, 5.74) is 7.15. The van der Waals surface area contributed by atoms with Crippen LogP contribution in [0.2, 0.25) is 5.02 Å². The molecule has 8 heteroatoms. The van der Waals surface area contributed by atoms with E-state index in [1.165, 1.54) is 6.20 Å². The van der Waals surface area contributed by atoms with Gasteiger partial charge < -0.3 is 10.6 Å². The fraction of sp³-hybridized carbons (Fsp3) is 0.286. The molecule has 0 saturated carbocycles. The number of hydrogen-bond acceptors (Lipinski definition) is 6. The van der Waals surface area contributed by atoms with Gasteiger partial charge in [0.1, 0.15) is 23.5 Å². The second-order valence-corrected chi connectivity index (χ2v) is 5.15. The lowest BCUT2D eigenvalue weighted by molar-refractivity contribution is 0.759. The highest BCUT2D eigenvalue weighted by Crippen LogP contribution is 2.23. The number of nitrogens with one attached hydrogen (secondary N) is 1. The average molecular weight is 316 g/mol. The number of nitrogens with two attached hydrogens (primary N) is 1. The summed E-state index contributed by atoms with van der Waals surface area (Å²) in [6.07, 6.45) is 2.90. The number of H-pyrrole nitrogens is 1. The maximum Gasteiger partial charge on any atom is 0.163 e. The molecule has 0 atom stereocenters. The van der Waals surface area contributed by atoms with Gasteiger partial charge >= 0.3 is 0 Å². The van der Waals surface area contributed by atoms with Crippen LogP contribution in [0.4, 0.5) is 11.6 Å². The van der Waals surface area contributed by atoms with Crippen LogP contribution >= 0.6 is 11.6 Å². The number of rotatable bonds is 5. The van der Waals surface area contributed by atoms with Crippen molar-refractivity contribution in [1.82, 2.24) is 15.2 Å². The Labute approximate surface area is 132 Å². The Morgan fingerprint density at radius 2 is 2.18 bits per heavy atom. The van der Waals surface area contributed by atoms with Gasteiger partial charge in [-0.05, 0) is 18.9 Å². The van der Waals surface area contributed by atoms with Gasteiger partial charge in [0.15, 0.2) is 5.82 Å². The highest BCUT2D eigenvalue weighted by atomic mass is 35.5. The van der Waals surface area contributed by atoms with Crippen molar-refractivity contribution in [2.75, 3.05) is 24.2 Å². The zero-order valence-corrected chi connectivity index (χ0v) is 12.7. The number of pyridine rings is 1. The Morgan fingerprint density at radius 3 is 2.82 bits per heavy atom. The Kier molecular flexibility index (Phi) is 4.82. The molecule has 0 aliphatic carbocycles. The molecule has 0 bridgehead atoms. The quantitative estimate of drug-likeness (QED) is 0.869. The lowest BCUT2D eigenvalue weighted by Gasteiger charge is -2.19. The summed E-state index contributed by atoms with van der Waals surface area (Å²) >= 11 is 6.12. The van der Waals surface area contributed by atoms with Crippen molar-refractivity contribution in [3.63, 3.8) is 0 Å². The highest BCUT2D eigenvalue weighted by molar-refractivity contribution is 6.33. The lowest BCUT2D eigenvalue weighted by atomic mass is 10.1. The molecular weight excluding hydrogens is 302 g/mol. The molecule has 0 saturated heterocycles. The summed E-state index contributed by atoms with van der Waals surface area (Å²) in [7, 11) is 1.87. The van der Waals surface area contributed by atoms with Crippen molar-refractivity contribution in [2.45, 2.75) is 12.8 Å². The van der Waals surface area contributed by atoms with Crippen LogP contribution in [-0.4, -0.2) is 28.8 Å². The van der Waals surface area contributed by atoms with E-state index in [-0.39, 0.29) is 5.82 Å². The van der Waals surface area contributed by atoms with Crippen LogP contribution in [0, 0.1) is 22.7 Å². The maximum absolute atomic E-state index is 9.01. The van der Waals surface area contributed by atoms with Gasteiger partial charge in [0.25, 0.3) is 0 Å². The molecule has 0 amide bonds. The van der Waals surface area contributed by atoms with Crippen molar-refractivity contribution >= 4 is 23.2 Å². The van der Waals surface area contributed by atoms with Crippen molar-refractivity contribution in [2.24, 2.45) is 0 Å². The summed E-state index contributed by atoms with van der Waals surface area (Å²) in [4.78, 5) is 6.09. The van der Waals surface area contributed by atoms with Crippen LogP contribution in [0.25, 0.3) is 0 Å². The molecule has 0 aliphatic rings. The number of anilines is 2. The van der Waals surface area contributed by atoms with Gasteiger partial charge in [-0.3, -0.25) is 5.10 Å². The molecule has 3 N–H and O–H groups in total. The predicted molar refractivity (Wildman–Crippen MR) is 83.3 cm³/mol. The zero-order chi connectivity index (χ0) is 16.1. The van der Waals surface area contributed by atoms with Crippen LogP contribution in [0.1, 0.15) is 23.2 Å².